The number of aliphatic hydroxyl groups excluding tert-OH is 1. The van der Waals surface area contributed by atoms with Crippen molar-refractivity contribution in [3.8, 4) is 33.1 Å². The fourth-order valence-corrected chi connectivity index (χ4v) is 12.3. The molecule has 0 saturated carbocycles. The number of aromatic nitrogens is 2. The van der Waals surface area contributed by atoms with Crippen molar-refractivity contribution in [1.29, 1.82) is 0 Å². The Labute approximate surface area is 472 Å². The lowest BCUT2D eigenvalue weighted by molar-refractivity contribution is -0.143. The van der Waals surface area contributed by atoms with Crippen molar-refractivity contribution in [2.24, 2.45) is 5.92 Å². The first-order chi connectivity index (χ1) is 38.6. The normalized spacial score (nSPS) is 16.7. The number of nitrogens with one attached hydrogen (secondary N) is 2. The summed E-state index contributed by atoms with van der Waals surface area (Å²) in [5.41, 5.74) is 12.4. The van der Waals surface area contributed by atoms with Gasteiger partial charge in [0.1, 0.15) is 36.8 Å². The van der Waals surface area contributed by atoms with Crippen molar-refractivity contribution in [3.63, 3.8) is 0 Å². The number of carbonyl (C=O) groups excluding carboxylic acids is 4. The molecule has 2 fully saturated rings. The lowest BCUT2D eigenvalue weighted by Gasteiger charge is -2.37. The number of fused-ring (bicyclic) bond motifs is 1. The molecule has 0 radical (unpaired) electrons. The van der Waals surface area contributed by atoms with Gasteiger partial charge < -0.3 is 49.1 Å². The van der Waals surface area contributed by atoms with E-state index in [0.29, 0.717) is 73.1 Å². The maximum Gasteiger partial charge on any atom is 0.255 e. The van der Waals surface area contributed by atoms with Gasteiger partial charge in [-0.15, -0.1) is 11.3 Å². The quantitative estimate of drug-likeness (QED) is 0.0408. The number of thiazole rings is 1. The topological polar surface area (TPSA) is 193 Å². The summed E-state index contributed by atoms with van der Waals surface area (Å²) in [4.78, 5) is 82.6. The van der Waals surface area contributed by atoms with Crippen LogP contribution >= 0.6 is 11.3 Å². The van der Waals surface area contributed by atoms with Gasteiger partial charge in [-0.05, 0) is 136 Å². The number of ether oxygens (including phenoxy) is 4. The summed E-state index contributed by atoms with van der Waals surface area (Å²) in [6.45, 7) is 17.3. The summed E-state index contributed by atoms with van der Waals surface area (Å²) in [6, 6.07) is 25.6. The number of H-pyrrole nitrogens is 1. The molecule has 1 unspecified atom stereocenters. The van der Waals surface area contributed by atoms with Crippen LogP contribution in [0.15, 0.2) is 95.2 Å². The van der Waals surface area contributed by atoms with E-state index in [0.717, 1.165) is 74.7 Å². The number of nitrogens with zero attached hydrogens (tertiary/aromatic N) is 4. The number of Topliss-reactive ketones (excluding diaryl/α,β-unsaturated/α-hetero) is 1. The van der Waals surface area contributed by atoms with Crippen molar-refractivity contribution >= 4 is 40.5 Å². The van der Waals surface area contributed by atoms with E-state index in [1.54, 1.807) is 16.5 Å². The number of aliphatic hydroxyl groups is 1. The molecule has 4 aromatic carbocycles. The smallest absolute Gasteiger partial charge is 0.255 e. The molecule has 80 heavy (non-hydrogen) atoms. The third-order valence-electron chi connectivity index (χ3n) is 15.7. The molecule has 5 heterocycles. The van der Waals surface area contributed by atoms with Crippen molar-refractivity contribution < 1.29 is 43.2 Å². The van der Waals surface area contributed by atoms with Crippen LogP contribution in [0.2, 0.25) is 0 Å². The van der Waals surface area contributed by atoms with E-state index in [1.807, 2.05) is 114 Å². The molecule has 422 valence electrons. The largest absolute Gasteiger partial charge is 0.491 e. The maximum absolute atomic E-state index is 14.3. The summed E-state index contributed by atoms with van der Waals surface area (Å²) in [6.07, 6.45) is 1.56. The second kappa shape index (κ2) is 25.9. The Morgan fingerprint density at radius 3 is 2.34 bits per heavy atom. The number of amides is 3. The molecular weight excluding hydrogens is 1030 g/mol. The Balaban J connectivity index is 0.810. The molecular formula is C63H74N6O10S. The van der Waals surface area contributed by atoms with Crippen LogP contribution in [0.5, 0.6) is 11.5 Å². The third-order valence-corrected chi connectivity index (χ3v) is 16.7. The monoisotopic (exact) mass is 1110 g/mol. The number of aryl methyl sites for hydroxylation is 3. The highest BCUT2D eigenvalue weighted by Gasteiger charge is 2.46. The van der Waals surface area contributed by atoms with E-state index < -0.39 is 24.1 Å². The molecule has 3 amide bonds. The minimum Gasteiger partial charge on any atom is -0.491 e. The van der Waals surface area contributed by atoms with Gasteiger partial charge in [-0.25, -0.2) is 4.98 Å². The lowest BCUT2D eigenvalue weighted by atomic mass is 9.92. The second-order valence-electron chi connectivity index (χ2n) is 21.5. The first kappa shape index (κ1) is 57.5. The number of hydrogen-bond donors (Lipinski definition) is 3. The summed E-state index contributed by atoms with van der Waals surface area (Å²) in [5.74, 6) is -0.0126. The van der Waals surface area contributed by atoms with Gasteiger partial charge >= 0.3 is 0 Å². The highest BCUT2D eigenvalue weighted by atomic mass is 32.1. The average molecular weight is 1110 g/mol. The Kier molecular flexibility index (Phi) is 18.7. The molecule has 3 aliphatic heterocycles. The van der Waals surface area contributed by atoms with Crippen LogP contribution in [0, 0.1) is 33.6 Å². The Hall–Kier alpha value is -7.18. The van der Waals surface area contributed by atoms with Crippen LogP contribution < -0.4 is 25.2 Å². The Bertz CT molecular complexity index is 3260. The second-order valence-corrected chi connectivity index (χ2v) is 22.3. The Morgan fingerprint density at radius 2 is 1.64 bits per heavy atom. The minimum absolute atomic E-state index is 0.00683. The molecule has 6 aromatic rings. The fourth-order valence-electron chi connectivity index (χ4n) is 11.5. The van der Waals surface area contributed by atoms with Crippen LogP contribution in [-0.2, 0) is 38.6 Å². The van der Waals surface area contributed by atoms with Gasteiger partial charge in [0.15, 0.2) is 5.78 Å². The number of pyridine rings is 1. The highest BCUT2D eigenvalue weighted by molar-refractivity contribution is 7.13. The fraction of sp³-hybridized carbons (Fsp3) is 0.429. The van der Waals surface area contributed by atoms with Crippen LogP contribution in [0.25, 0.3) is 21.6 Å². The van der Waals surface area contributed by atoms with Gasteiger partial charge in [0.05, 0.1) is 35.4 Å². The van der Waals surface area contributed by atoms with Crippen LogP contribution in [0.4, 0.5) is 5.69 Å². The molecule has 3 atom stereocenters. The summed E-state index contributed by atoms with van der Waals surface area (Å²) < 4.78 is 24.1. The number of carbonyl (C=O) groups is 4. The van der Waals surface area contributed by atoms with Gasteiger partial charge in [-0.3, -0.25) is 24.0 Å². The summed E-state index contributed by atoms with van der Waals surface area (Å²) in [7, 11) is 0. The Morgan fingerprint density at radius 1 is 0.900 bits per heavy atom. The standard InChI is InChI=1S/C63H74N6O10S/c1-8-67(48-21-23-76-24-22-48)54-31-47(30-53(41(54)6)56(71)20-19-51-39(4)29-40(5)66-60(51)72)43-15-17-50(18-16-43)78-27-25-77-26-28-79-57-32-44(59-42(7)65-37-80-59)13-14-45(57)34-64-61(73)55-33-49(70)36-68(55)63(75)58(38(2)3)69-35-46-11-9-10-12-52(46)62(69)74/h9-18,29-32,37-38,48-49,55,58,70H,8,19-28,33-36H2,1-7H3,(H,64,73)(H,66,72)/t49-,55?,58+/m1/s1. The van der Waals surface area contributed by atoms with E-state index in [1.165, 1.54) is 16.2 Å². The van der Waals surface area contributed by atoms with Gasteiger partial charge in [-0.1, -0.05) is 56.3 Å². The van der Waals surface area contributed by atoms with Crippen molar-refractivity contribution in [2.45, 2.75) is 118 Å². The maximum atomic E-state index is 14.3. The molecule has 16 nitrogen and oxygen atoms in total. The summed E-state index contributed by atoms with van der Waals surface area (Å²) in [5, 5.41) is 13.8. The van der Waals surface area contributed by atoms with Crippen LogP contribution in [-0.4, -0.2) is 125 Å². The van der Waals surface area contributed by atoms with Gasteiger partial charge in [-0.2, -0.15) is 0 Å². The minimum atomic E-state index is -0.929. The zero-order valence-corrected chi connectivity index (χ0v) is 47.8. The average Bonchev–Trinajstić information content (AvgIpc) is 4.17. The first-order valence-corrected chi connectivity index (χ1v) is 28.8. The first-order valence-electron chi connectivity index (χ1n) is 27.9. The van der Waals surface area contributed by atoms with E-state index >= 15 is 0 Å². The van der Waals surface area contributed by atoms with Crippen LogP contribution in [0.1, 0.15) is 106 Å². The number of anilines is 1. The molecule has 3 N–H and O–H groups in total. The molecule has 2 saturated heterocycles. The van der Waals surface area contributed by atoms with E-state index in [2.05, 4.69) is 33.2 Å². The number of β-amino-alcohol motifs (C(OH)–C–C–N with tert-alkyl or cyclic N) is 1. The number of ketones is 1. The van der Waals surface area contributed by atoms with E-state index in [-0.39, 0.29) is 74.3 Å². The number of rotatable bonds is 23. The molecule has 3 aliphatic rings. The molecule has 17 heteroatoms. The lowest BCUT2D eigenvalue weighted by Crippen LogP contribution is -2.55. The SMILES string of the molecule is CCN(c1cc(-c2ccc(OCCOCCOc3cc(-c4scnc4C)ccc3CNC(=O)C3C[C@@H](O)CN3C(=O)[C@H](C(C)C)N3Cc4ccccc4C3=O)cc2)cc(C(=O)CCc2c(C)cc(C)[nH]c2=O)c1C)C1CCOCC1. The number of hydrogen-bond acceptors (Lipinski definition) is 13. The van der Waals surface area contributed by atoms with Gasteiger partial charge in [0.2, 0.25) is 11.8 Å². The molecule has 2 aromatic heterocycles. The zero-order valence-electron chi connectivity index (χ0n) is 47.0. The molecule has 0 aliphatic carbocycles. The van der Waals surface area contributed by atoms with E-state index in [4.69, 9.17) is 18.9 Å². The van der Waals surface area contributed by atoms with Gasteiger partial charge in [0, 0.05) is 91.9 Å². The van der Waals surface area contributed by atoms with Crippen LogP contribution in [0.3, 0.4) is 0 Å². The third kappa shape index (κ3) is 13.0. The highest BCUT2D eigenvalue weighted by Crippen LogP contribution is 2.37. The number of benzene rings is 4. The zero-order chi connectivity index (χ0) is 56.6. The van der Waals surface area contributed by atoms with Crippen molar-refractivity contribution in [1.82, 2.24) is 25.1 Å². The van der Waals surface area contributed by atoms with Gasteiger partial charge in [0.25, 0.3) is 11.5 Å². The van der Waals surface area contributed by atoms with Crippen molar-refractivity contribution in [2.75, 3.05) is 57.6 Å². The van der Waals surface area contributed by atoms with Crippen molar-refractivity contribution in [3.05, 3.63) is 151 Å². The summed E-state index contributed by atoms with van der Waals surface area (Å²) >= 11 is 1.52. The molecule has 0 spiro atoms. The van der Waals surface area contributed by atoms with E-state index in [9.17, 15) is 29.1 Å². The number of likely N-dealkylation sites (tertiary alicyclic amines) is 1. The molecule has 0 bridgehead atoms. The number of aromatic amines is 1. The molecule has 9 rings (SSSR count). The predicted molar refractivity (Wildman–Crippen MR) is 310 cm³/mol. The predicted octanol–water partition coefficient (Wildman–Crippen LogP) is 8.95.